The summed E-state index contributed by atoms with van der Waals surface area (Å²) in [5.41, 5.74) is 7.65. The van der Waals surface area contributed by atoms with Crippen LogP contribution in [0.1, 0.15) is 5.69 Å². The van der Waals surface area contributed by atoms with Gasteiger partial charge in [-0.3, -0.25) is 0 Å². The molecule has 0 saturated carbocycles. The third-order valence-corrected chi connectivity index (χ3v) is 2.57. The number of halogens is 2. The van der Waals surface area contributed by atoms with Crippen LogP contribution in [-0.4, -0.2) is 16.5 Å². The minimum atomic E-state index is 0.412. The molecule has 0 radical (unpaired) electrons. The van der Waals surface area contributed by atoms with Crippen molar-refractivity contribution in [1.82, 2.24) is 9.97 Å². The van der Waals surface area contributed by atoms with E-state index in [2.05, 4.69) is 9.97 Å². The average molecular weight is 242 g/mol. The second-order valence-corrected chi connectivity index (χ2v) is 3.93. The van der Waals surface area contributed by atoms with Crippen LogP contribution in [0.15, 0.2) is 18.2 Å². The zero-order valence-corrected chi connectivity index (χ0v) is 9.39. The van der Waals surface area contributed by atoms with Crippen molar-refractivity contribution < 1.29 is 0 Å². The SMILES string of the molecule is NCCc1nc2cc(Cl)ccc2nc1Cl. The largest absolute Gasteiger partial charge is 0.330 e. The van der Waals surface area contributed by atoms with Crippen LogP contribution in [0.25, 0.3) is 11.0 Å². The Morgan fingerprint density at radius 1 is 1.13 bits per heavy atom. The van der Waals surface area contributed by atoms with Gasteiger partial charge in [0.25, 0.3) is 0 Å². The van der Waals surface area contributed by atoms with Crippen molar-refractivity contribution in [1.29, 1.82) is 0 Å². The van der Waals surface area contributed by atoms with Crippen molar-refractivity contribution in [3.05, 3.63) is 34.1 Å². The molecule has 2 aromatic rings. The molecule has 0 atom stereocenters. The first kappa shape index (κ1) is 10.6. The summed E-state index contributed by atoms with van der Waals surface area (Å²) in [5, 5.41) is 1.05. The molecule has 0 bridgehead atoms. The fraction of sp³-hybridized carbons (Fsp3) is 0.200. The molecule has 0 aliphatic rings. The number of nitrogens with zero attached hydrogens (tertiary/aromatic N) is 2. The predicted molar refractivity (Wildman–Crippen MR) is 62.3 cm³/mol. The van der Waals surface area contributed by atoms with E-state index >= 15 is 0 Å². The topological polar surface area (TPSA) is 51.8 Å². The van der Waals surface area contributed by atoms with E-state index in [1.165, 1.54) is 0 Å². The summed E-state index contributed by atoms with van der Waals surface area (Å²) in [6, 6.07) is 5.32. The van der Waals surface area contributed by atoms with Gasteiger partial charge in [0.2, 0.25) is 0 Å². The zero-order chi connectivity index (χ0) is 10.8. The van der Waals surface area contributed by atoms with Crippen molar-refractivity contribution >= 4 is 34.2 Å². The second kappa shape index (κ2) is 4.31. The lowest BCUT2D eigenvalue weighted by molar-refractivity contribution is 0.922. The summed E-state index contributed by atoms with van der Waals surface area (Å²) in [7, 11) is 0. The van der Waals surface area contributed by atoms with Crippen LogP contribution in [0, 0.1) is 0 Å². The summed E-state index contributed by atoms with van der Waals surface area (Å²) in [4.78, 5) is 8.59. The maximum Gasteiger partial charge on any atom is 0.151 e. The van der Waals surface area contributed by atoms with Crippen LogP contribution >= 0.6 is 23.2 Å². The van der Waals surface area contributed by atoms with Crippen molar-refractivity contribution in [2.45, 2.75) is 6.42 Å². The first-order valence-corrected chi connectivity index (χ1v) is 5.28. The second-order valence-electron chi connectivity index (χ2n) is 3.13. The highest BCUT2D eigenvalue weighted by atomic mass is 35.5. The van der Waals surface area contributed by atoms with Gasteiger partial charge in [0.05, 0.1) is 16.7 Å². The lowest BCUT2D eigenvalue weighted by Gasteiger charge is -2.03. The molecule has 0 saturated heterocycles. The van der Waals surface area contributed by atoms with E-state index in [-0.39, 0.29) is 0 Å². The average Bonchev–Trinajstić information content (AvgIpc) is 2.20. The van der Waals surface area contributed by atoms with Crippen LogP contribution in [0.2, 0.25) is 10.2 Å². The van der Waals surface area contributed by atoms with Crippen molar-refractivity contribution in [2.24, 2.45) is 5.73 Å². The van der Waals surface area contributed by atoms with Crippen LogP contribution in [0.3, 0.4) is 0 Å². The highest BCUT2D eigenvalue weighted by molar-refractivity contribution is 6.31. The molecule has 1 aromatic heterocycles. The maximum absolute atomic E-state index is 5.96. The fourth-order valence-corrected chi connectivity index (χ4v) is 1.73. The third kappa shape index (κ3) is 2.20. The molecular weight excluding hydrogens is 233 g/mol. The number of hydrogen-bond acceptors (Lipinski definition) is 3. The Bertz CT molecular complexity index is 499. The Hall–Kier alpha value is -0.900. The van der Waals surface area contributed by atoms with Gasteiger partial charge < -0.3 is 5.73 Å². The van der Waals surface area contributed by atoms with Gasteiger partial charge in [-0.1, -0.05) is 23.2 Å². The monoisotopic (exact) mass is 241 g/mol. The summed E-state index contributed by atoms with van der Waals surface area (Å²) < 4.78 is 0. The predicted octanol–water partition coefficient (Wildman–Crippen LogP) is 2.44. The highest BCUT2D eigenvalue weighted by Crippen LogP contribution is 2.20. The van der Waals surface area contributed by atoms with E-state index in [1.54, 1.807) is 18.2 Å². The van der Waals surface area contributed by atoms with Gasteiger partial charge >= 0.3 is 0 Å². The van der Waals surface area contributed by atoms with E-state index in [0.717, 1.165) is 11.0 Å². The Morgan fingerprint density at radius 2 is 1.93 bits per heavy atom. The van der Waals surface area contributed by atoms with Gasteiger partial charge in [0.15, 0.2) is 5.15 Å². The number of fused-ring (bicyclic) bond motifs is 1. The van der Waals surface area contributed by atoms with E-state index in [0.29, 0.717) is 28.8 Å². The molecule has 2 N–H and O–H groups in total. The molecule has 0 fully saturated rings. The molecule has 0 amide bonds. The number of hydrogen-bond donors (Lipinski definition) is 1. The molecule has 15 heavy (non-hydrogen) atoms. The highest BCUT2D eigenvalue weighted by Gasteiger charge is 2.06. The number of nitrogens with two attached hydrogens (primary N) is 1. The third-order valence-electron chi connectivity index (χ3n) is 2.03. The van der Waals surface area contributed by atoms with Gasteiger partial charge in [0, 0.05) is 11.4 Å². The smallest absolute Gasteiger partial charge is 0.151 e. The van der Waals surface area contributed by atoms with E-state index in [9.17, 15) is 0 Å². The minimum absolute atomic E-state index is 0.412. The Morgan fingerprint density at radius 3 is 2.67 bits per heavy atom. The molecule has 2 rings (SSSR count). The molecule has 0 aliphatic carbocycles. The molecule has 0 unspecified atom stereocenters. The van der Waals surface area contributed by atoms with Crippen molar-refractivity contribution in [2.75, 3.05) is 6.54 Å². The van der Waals surface area contributed by atoms with Gasteiger partial charge in [-0.05, 0) is 24.7 Å². The lowest BCUT2D eigenvalue weighted by atomic mass is 10.2. The van der Waals surface area contributed by atoms with Crippen LogP contribution in [-0.2, 0) is 6.42 Å². The zero-order valence-electron chi connectivity index (χ0n) is 7.87. The van der Waals surface area contributed by atoms with E-state index in [4.69, 9.17) is 28.9 Å². The van der Waals surface area contributed by atoms with Crippen LogP contribution in [0.4, 0.5) is 0 Å². The Kier molecular flexibility index (Phi) is 3.05. The minimum Gasteiger partial charge on any atom is -0.330 e. The lowest BCUT2D eigenvalue weighted by Crippen LogP contribution is -2.06. The number of rotatable bonds is 2. The van der Waals surface area contributed by atoms with Crippen LogP contribution in [0.5, 0.6) is 0 Å². The molecule has 0 spiro atoms. The number of aromatic nitrogens is 2. The normalized spacial score (nSPS) is 10.9. The van der Waals surface area contributed by atoms with E-state index < -0.39 is 0 Å². The van der Waals surface area contributed by atoms with Crippen molar-refractivity contribution in [3.63, 3.8) is 0 Å². The fourth-order valence-electron chi connectivity index (χ4n) is 1.34. The van der Waals surface area contributed by atoms with Gasteiger partial charge in [-0.2, -0.15) is 0 Å². The molecule has 1 aromatic carbocycles. The van der Waals surface area contributed by atoms with Crippen molar-refractivity contribution in [3.8, 4) is 0 Å². The van der Waals surface area contributed by atoms with Crippen LogP contribution < -0.4 is 5.73 Å². The van der Waals surface area contributed by atoms with Gasteiger partial charge in [-0.25, -0.2) is 9.97 Å². The molecule has 3 nitrogen and oxygen atoms in total. The molecule has 78 valence electrons. The van der Waals surface area contributed by atoms with Gasteiger partial charge in [0.1, 0.15) is 0 Å². The van der Waals surface area contributed by atoms with E-state index in [1.807, 2.05) is 0 Å². The quantitative estimate of drug-likeness (QED) is 0.879. The first-order valence-electron chi connectivity index (χ1n) is 4.52. The maximum atomic E-state index is 5.96. The summed E-state index contributed by atoms with van der Waals surface area (Å²) in [6.45, 7) is 0.500. The molecule has 5 heteroatoms. The summed E-state index contributed by atoms with van der Waals surface area (Å²) in [5.74, 6) is 0. The van der Waals surface area contributed by atoms with Gasteiger partial charge in [-0.15, -0.1) is 0 Å². The standard InChI is InChI=1S/C10H9Cl2N3/c11-6-1-2-7-9(5-6)14-8(3-4-13)10(12)15-7/h1-2,5H,3-4,13H2. The Labute approximate surface area is 97.2 Å². The molecule has 0 aliphatic heterocycles. The summed E-state index contributed by atoms with van der Waals surface area (Å²) in [6.07, 6.45) is 0.619. The molecular formula is C10H9Cl2N3. The number of benzene rings is 1. The summed E-state index contributed by atoms with van der Waals surface area (Å²) >= 11 is 11.8. The molecule has 1 heterocycles. The Balaban J connectivity index is 2.61. The first-order chi connectivity index (χ1) is 7.20.